The van der Waals surface area contributed by atoms with Gasteiger partial charge in [-0.15, -0.1) is 0 Å². The molecule has 360 valence electrons. The number of ether oxygens (including phenoxy) is 12. The minimum absolute atomic E-state index is 0.0104. The first kappa shape index (κ1) is 48.5. The Bertz CT molecular complexity index is 2000. The van der Waals surface area contributed by atoms with Gasteiger partial charge < -0.3 is 103 Å². The largest absolute Gasteiger partial charge is 0.493 e. The third-order valence-electron chi connectivity index (χ3n) is 12.2. The number of aliphatic hydroxyl groups excluding tert-OH is 9. The first-order valence-electron chi connectivity index (χ1n) is 21.0. The van der Waals surface area contributed by atoms with Gasteiger partial charge in [0.05, 0.1) is 80.8 Å². The fraction of sp³-hybridized carbons (Fsp3) is 0.591. The van der Waals surface area contributed by atoms with E-state index >= 15 is 0 Å². The molecule has 4 aliphatic heterocycles. The van der Waals surface area contributed by atoms with Crippen molar-refractivity contribution in [3.63, 3.8) is 0 Å². The van der Waals surface area contributed by atoms with Crippen molar-refractivity contribution in [1.82, 2.24) is 0 Å². The van der Waals surface area contributed by atoms with Crippen LogP contribution in [0.3, 0.4) is 0 Å². The summed E-state index contributed by atoms with van der Waals surface area (Å²) < 4.78 is 70.3. The number of rotatable bonds is 18. The second-order valence-corrected chi connectivity index (χ2v) is 16.1. The lowest BCUT2D eigenvalue weighted by Gasteiger charge is -2.39. The maximum absolute atomic E-state index is 10.6. The summed E-state index contributed by atoms with van der Waals surface area (Å²) in [6, 6.07) is 12.0. The Morgan fingerprint density at radius 2 is 0.985 bits per heavy atom. The van der Waals surface area contributed by atoms with Crippen LogP contribution in [0, 0.1) is 11.8 Å². The van der Waals surface area contributed by atoms with E-state index in [1.807, 2.05) is 0 Å². The SMILES string of the molecule is COc1cc(C2OCC3C(c4cc(OC)c(OC(CO)Cc5cc(OC)c(O[C@@H]6O[C@H](CO)[C@@H](O)[C@H](O)[C@H]6O)c(OC)c5)c(OC)c4)OCC23)ccc1O[C@@H]1O[C@H](CO)[C@@H](O)[C@H](O)[C@H]1O. The Morgan fingerprint density at radius 3 is 1.46 bits per heavy atom. The van der Waals surface area contributed by atoms with E-state index in [0.29, 0.717) is 36.0 Å². The molecule has 4 saturated heterocycles. The van der Waals surface area contributed by atoms with Gasteiger partial charge >= 0.3 is 0 Å². The van der Waals surface area contributed by atoms with Crippen LogP contribution in [0.4, 0.5) is 0 Å². The molecule has 3 aromatic rings. The van der Waals surface area contributed by atoms with Gasteiger partial charge in [-0.2, -0.15) is 0 Å². The third kappa shape index (κ3) is 9.70. The predicted molar refractivity (Wildman–Crippen MR) is 220 cm³/mol. The minimum Gasteiger partial charge on any atom is -0.493 e. The number of fused-ring (bicyclic) bond motifs is 1. The standard InChI is InChI=1S/C44H58O21/c1-54-26-11-20(6-7-25(26)62-43-37(52)35(50)33(48)31(15-46)63-43)39-23-17-60-40(24(23)18-59-39)21-12-29(57-4)41(30(13-21)58-5)61-22(14-45)8-19-9-27(55-2)42(28(10-19)56-3)65-44-38(53)36(51)34(49)32(16-47)64-44/h6-7,9-13,22-24,31-40,43-53H,8,14-18H2,1-5H3/t22?,23?,24?,31-,32-,33-,34-,35+,36+,37-,38-,39?,40?,43-,44+/m1/s1. The van der Waals surface area contributed by atoms with Gasteiger partial charge in [-0.3, -0.25) is 0 Å². The number of aliphatic hydroxyl groups is 9. The van der Waals surface area contributed by atoms with E-state index < -0.39 is 93.4 Å². The van der Waals surface area contributed by atoms with Crippen molar-refractivity contribution in [1.29, 1.82) is 0 Å². The van der Waals surface area contributed by atoms with Crippen LogP contribution in [-0.4, -0.2) is 182 Å². The summed E-state index contributed by atoms with van der Waals surface area (Å²) in [5, 5.41) is 91.7. The molecule has 4 fully saturated rings. The van der Waals surface area contributed by atoms with E-state index in [0.717, 1.165) is 11.1 Å². The molecule has 65 heavy (non-hydrogen) atoms. The Balaban J connectivity index is 1.05. The van der Waals surface area contributed by atoms with Crippen molar-refractivity contribution in [2.75, 3.05) is 68.6 Å². The summed E-state index contributed by atoms with van der Waals surface area (Å²) in [6.07, 6.45) is -16.4. The van der Waals surface area contributed by atoms with Crippen LogP contribution in [0.25, 0.3) is 0 Å². The van der Waals surface area contributed by atoms with Gasteiger partial charge in [0, 0.05) is 18.3 Å². The van der Waals surface area contributed by atoms with Crippen molar-refractivity contribution in [2.45, 2.75) is 86.1 Å². The molecule has 15 atom stereocenters. The van der Waals surface area contributed by atoms with Crippen molar-refractivity contribution in [3.8, 4) is 46.0 Å². The van der Waals surface area contributed by atoms with E-state index in [-0.39, 0.29) is 53.1 Å². The van der Waals surface area contributed by atoms with Gasteiger partial charge in [-0.05, 0) is 53.1 Å². The molecule has 9 N–H and O–H groups in total. The minimum atomic E-state index is -1.68. The molecule has 0 spiro atoms. The topological polar surface area (TPSA) is 293 Å². The molecule has 0 bridgehead atoms. The molecule has 0 aromatic heterocycles. The van der Waals surface area contributed by atoms with Crippen LogP contribution in [0.2, 0.25) is 0 Å². The highest BCUT2D eigenvalue weighted by Gasteiger charge is 2.50. The molecule has 4 aliphatic rings. The Labute approximate surface area is 374 Å². The zero-order valence-corrected chi connectivity index (χ0v) is 36.4. The molecule has 0 saturated carbocycles. The van der Waals surface area contributed by atoms with Gasteiger partial charge in [0.1, 0.15) is 54.9 Å². The van der Waals surface area contributed by atoms with Gasteiger partial charge in [0.2, 0.25) is 24.1 Å². The highest BCUT2D eigenvalue weighted by atomic mass is 16.7. The van der Waals surface area contributed by atoms with Gasteiger partial charge in [0.15, 0.2) is 34.5 Å². The summed E-state index contributed by atoms with van der Waals surface area (Å²) in [4.78, 5) is 0. The lowest BCUT2D eigenvalue weighted by Crippen LogP contribution is -2.60. The van der Waals surface area contributed by atoms with Gasteiger partial charge in [-0.25, -0.2) is 0 Å². The summed E-state index contributed by atoms with van der Waals surface area (Å²) in [7, 11) is 7.17. The average Bonchev–Trinajstić information content (AvgIpc) is 3.95. The number of benzene rings is 3. The Hall–Kier alpha value is -4.46. The van der Waals surface area contributed by atoms with Crippen LogP contribution < -0.4 is 37.9 Å². The fourth-order valence-electron chi connectivity index (χ4n) is 8.69. The monoisotopic (exact) mass is 922 g/mol. The maximum atomic E-state index is 10.6. The summed E-state index contributed by atoms with van der Waals surface area (Å²) in [6.45, 7) is -0.948. The third-order valence-corrected chi connectivity index (χ3v) is 12.2. The van der Waals surface area contributed by atoms with Crippen LogP contribution in [0.5, 0.6) is 46.0 Å². The molecule has 5 unspecified atom stereocenters. The zero-order chi connectivity index (χ0) is 46.7. The van der Waals surface area contributed by atoms with Crippen LogP contribution in [0.15, 0.2) is 42.5 Å². The normalized spacial score (nSPS) is 32.6. The molecule has 0 aliphatic carbocycles. The first-order chi connectivity index (χ1) is 31.3. The van der Waals surface area contributed by atoms with Crippen LogP contribution in [0.1, 0.15) is 28.9 Å². The smallest absolute Gasteiger partial charge is 0.229 e. The maximum Gasteiger partial charge on any atom is 0.229 e. The zero-order valence-electron chi connectivity index (χ0n) is 36.4. The molecule has 0 radical (unpaired) electrons. The Kier molecular flexibility index (Phi) is 15.7. The summed E-state index contributed by atoms with van der Waals surface area (Å²) >= 11 is 0. The van der Waals surface area contributed by atoms with Crippen molar-refractivity contribution >= 4 is 0 Å². The second-order valence-electron chi connectivity index (χ2n) is 16.1. The molecule has 0 amide bonds. The summed E-state index contributed by atoms with van der Waals surface area (Å²) in [5.74, 6) is 1.51. The molecular weight excluding hydrogens is 864 g/mol. The van der Waals surface area contributed by atoms with Crippen molar-refractivity contribution in [2.24, 2.45) is 11.8 Å². The molecule has 21 heteroatoms. The first-order valence-corrected chi connectivity index (χ1v) is 21.0. The molecule has 21 nitrogen and oxygen atoms in total. The van der Waals surface area contributed by atoms with Crippen LogP contribution in [-0.2, 0) is 25.4 Å². The highest BCUT2D eigenvalue weighted by molar-refractivity contribution is 5.56. The second kappa shape index (κ2) is 21.0. The quantitative estimate of drug-likeness (QED) is 0.0751. The van der Waals surface area contributed by atoms with Crippen LogP contribution >= 0.6 is 0 Å². The van der Waals surface area contributed by atoms with Gasteiger partial charge in [0.25, 0.3) is 0 Å². The average molecular weight is 923 g/mol. The van der Waals surface area contributed by atoms with E-state index in [1.54, 1.807) is 42.5 Å². The van der Waals surface area contributed by atoms with E-state index in [9.17, 15) is 46.0 Å². The van der Waals surface area contributed by atoms with Crippen molar-refractivity contribution < 1.29 is 103 Å². The molecule has 3 aromatic carbocycles. The molecular formula is C44H58O21. The van der Waals surface area contributed by atoms with E-state index in [1.165, 1.54) is 35.5 Å². The van der Waals surface area contributed by atoms with Gasteiger partial charge in [-0.1, -0.05) is 6.07 Å². The molecule has 7 rings (SSSR count). The lowest BCUT2D eigenvalue weighted by molar-refractivity contribution is -0.277. The number of methoxy groups -OCH3 is 5. The molecule has 4 heterocycles. The van der Waals surface area contributed by atoms with E-state index in [4.69, 9.17) is 56.8 Å². The lowest BCUT2D eigenvalue weighted by atomic mass is 9.84. The summed E-state index contributed by atoms with van der Waals surface area (Å²) in [5.41, 5.74) is 2.11. The van der Waals surface area contributed by atoms with Crippen molar-refractivity contribution in [3.05, 3.63) is 59.2 Å². The number of hydrogen-bond donors (Lipinski definition) is 9. The number of hydrogen-bond acceptors (Lipinski definition) is 21. The van der Waals surface area contributed by atoms with E-state index in [2.05, 4.69) is 0 Å². The predicted octanol–water partition coefficient (Wildman–Crippen LogP) is -0.855. The Morgan fingerprint density at radius 1 is 0.523 bits per heavy atom. The highest BCUT2D eigenvalue weighted by Crippen LogP contribution is 2.53. The fourth-order valence-corrected chi connectivity index (χ4v) is 8.69.